The lowest BCUT2D eigenvalue weighted by atomic mass is 10.2. The number of anilines is 3. The summed E-state index contributed by atoms with van der Waals surface area (Å²) in [6, 6.07) is 11.2. The number of aryl methyl sites for hydroxylation is 1. The average Bonchev–Trinajstić information content (AvgIpc) is 3.62. The molecular formula is C29H30N10O3. The third-order valence-electron chi connectivity index (χ3n) is 6.90. The third-order valence-corrected chi connectivity index (χ3v) is 6.90. The fraction of sp³-hybridized carbons (Fsp3) is 0.241. The predicted octanol–water partition coefficient (Wildman–Crippen LogP) is 2.91. The molecule has 214 valence electrons. The molecule has 13 nitrogen and oxygen atoms in total. The Hall–Kier alpha value is -5.30. The minimum atomic E-state index is -0.167. The van der Waals surface area contributed by atoms with Crippen molar-refractivity contribution in [2.45, 2.75) is 6.92 Å². The van der Waals surface area contributed by atoms with Gasteiger partial charge in [0.25, 0.3) is 0 Å². The first-order valence-corrected chi connectivity index (χ1v) is 13.4. The minimum absolute atomic E-state index is 0.00358. The van der Waals surface area contributed by atoms with Crippen LogP contribution in [0.1, 0.15) is 5.56 Å². The van der Waals surface area contributed by atoms with Gasteiger partial charge in [0.15, 0.2) is 11.5 Å². The number of benzene rings is 1. The van der Waals surface area contributed by atoms with E-state index in [1.165, 1.54) is 18.7 Å². The molecule has 1 aliphatic rings. The molecule has 5 heterocycles. The Balaban J connectivity index is 1.19. The number of ether oxygens (including phenoxy) is 1. The monoisotopic (exact) mass is 566 g/mol. The predicted molar refractivity (Wildman–Crippen MR) is 157 cm³/mol. The van der Waals surface area contributed by atoms with E-state index in [0.29, 0.717) is 53.8 Å². The van der Waals surface area contributed by atoms with E-state index in [1.54, 1.807) is 37.3 Å². The molecule has 0 aliphatic carbocycles. The van der Waals surface area contributed by atoms with Crippen LogP contribution in [0.25, 0.3) is 11.2 Å². The lowest BCUT2D eigenvalue weighted by Gasteiger charge is -2.33. The number of piperazine rings is 1. The first kappa shape index (κ1) is 26.9. The highest BCUT2D eigenvalue weighted by atomic mass is 16.5. The van der Waals surface area contributed by atoms with Crippen molar-refractivity contribution in [3.63, 3.8) is 0 Å². The number of rotatable bonds is 8. The van der Waals surface area contributed by atoms with Gasteiger partial charge < -0.3 is 24.8 Å². The molecule has 1 N–H and O–H groups in total. The maximum Gasteiger partial charge on any atom is 0.246 e. The standard InChI is InChI=1S/C29H30N10O3/c1-20-15-21(6-7-24(20)42-22-8-11-38-25(16-22)30-18-32-38)34-29-28-23(9-12-39(28)33-19-31-29)37-14-13-36(17-27(37)41)26(40)5-4-10-35(2)3/h4-9,11-12,15-16,18-19H,10,13-14,17H2,1-3H3,(H,31,33,34). The van der Waals surface area contributed by atoms with Gasteiger partial charge in [-0.2, -0.15) is 10.2 Å². The lowest BCUT2D eigenvalue weighted by molar-refractivity contribution is -0.133. The SMILES string of the molecule is Cc1cc(Nc2ncnn3ccc(N4CCN(C(=O)C=CCN(C)C)CC4=O)c23)ccc1Oc1ccn2ncnc2c1. The number of hydrogen-bond acceptors (Lipinski definition) is 9. The normalized spacial score (nSPS) is 14.0. The summed E-state index contributed by atoms with van der Waals surface area (Å²) in [7, 11) is 3.86. The van der Waals surface area contributed by atoms with E-state index in [4.69, 9.17) is 4.74 Å². The second-order valence-electron chi connectivity index (χ2n) is 10.2. The molecule has 1 fully saturated rings. The fourth-order valence-electron chi connectivity index (χ4n) is 4.80. The highest BCUT2D eigenvalue weighted by Gasteiger charge is 2.29. The van der Waals surface area contributed by atoms with Crippen molar-refractivity contribution in [3.05, 3.63) is 79.2 Å². The molecule has 0 unspecified atom stereocenters. The van der Waals surface area contributed by atoms with E-state index in [9.17, 15) is 9.59 Å². The Morgan fingerprint density at radius 2 is 1.86 bits per heavy atom. The Morgan fingerprint density at radius 1 is 1.05 bits per heavy atom. The van der Waals surface area contributed by atoms with Gasteiger partial charge in [0, 0.05) is 49.9 Å². The summed E-state index contributed by atoms with van der Waals surface area (Å²) in [5.74, 6) is 1.58. The summed E-state index contributed by atoms with van der Waals surface area (Å²) in [4.78, 5) is 39.7. The number of amides is 2. The zero-order valence-electron chi connectivity index (χ0n) is 23.5. The number of likely N-dealkylation sites (N-methyl/N-ethyl adjacent to an activating group) is 1. The number of pyridine rings is 1. The van der Waals surface area contributed by atoms with Crippen LogP contribution < -0.4 is 15.0 Å². The summed E-state index contributed by atoms with van der Waals surface area (Å²) in [6.45, 7) is 3.41. The van der Waals surface area contributed by atoms with Crippen LogP contribution in [-0.2, 0) is 9.59 Å². The summed E-state index contributed by atoms with van der Waals surface area (Å²) >= 11 is 0. The van der Waals surface area contributed by atoms with Crippen molar-refractivity contribution >= 4 is 40.2 Å². The Morgan fingerprint density at radius 3 is 2.67 bits per heavy atom. The molecule has 1 saturated heterocycles. The number of nitrogens with one attached hydrogen (secondary N) is 1. The molecule has 1 aromatic carbocycles. The van der Waals surface area contributed by atoms with Gasteiger partial charge in [-0.05, 0) is 56.9 Å². The van der Waals surface area contributed by atoms with Gasteiger partial charge >= 0.3 is 0 Å². The van der Waals surface area contributed by atoms with Gasteiger partial charge in [-0.25, -0.2) is 19.0 Å². The van der Waals surface area contributed by atoms with Crippen molar-refractivity contribution < 1.29 is 14.3 Å². The topological polar surface area (TPSA) is 126 Å². The second-order valence-corrected chi connectivity index (χ2v) is 10.2. The molecule has 2 amide bonds. The van der Waals surface area contributed by atoms with Crippen molar-refractivity contribution in [2.24, 2.45) is 0 Å². The molecule has 5 aromatic rings. The molecule has 0 atom stereocenters. The maximum atomic E-state index is 13.2. The first-order valence-electron chi connectivity index (χ1n) is 13.4. The van der Waals surface area contributed by atoms with E-state index < -0.39 is 0 Å². The van der Waals surface area contributed by atoms with E-state index >= 15 is 0 Å². The maximum absolute atomic E-state index is 13.2. The van der Waals surface area contributed by atoms with E-state index in [1.807, 2.05) is 62.3 Å². The van der Waals surface area contributed by atoms with E-state index in [0.717, 1.165) is 11.3 Å². The second kappa shape index (κ2) is 11.3. The van der Waals surface area contributed by atoms with Crippen molar-refractivity contribution in [2.75, 3.05) is 50.5 Å². The van der Waals surface area contributed by atoms with Gasteiger partial charge in [0.2, 0.25) is 11.8 Å². The molecule has 13 heteroatoms. The Kier molecular flexibility index (Phi) is 7.23. The van der Waals surface area contributed by atoms with Crippen molar-refractivity contribution in [1.29, 1.82) is 0 Å². The van der Waals surface area contributed by atoms with Gasteiger partial charge in [0.05, 0.1) is 5.69 Å². The number of aromatic nitrogens is 6. The van der Waals surface area contributed by atoms with Crippen molar-refractivity contribution in [3.8, 4) is 11.5 Å². The largest absolute Gasteiger partial charge is 0.457 e. The average molecular weight is 567 g/mol. The van der Waals surface area contributed by atoms with E-state index in [-0.39, 0.29) is 18.4 Å². The van der Waals surface area contributed by atoms with Crippen LogP contribution in [0, 0.1) is 6.92 Å². The number of hydrogen-bond donors (Lipinski definition) is 1. The number of nitrogens with zero attached hydrogens (tertiary/aromatic N) is 9. The Labute approximate surface area is 241 Å². The van der Waals surface area contributed by atoms with Crippen LogP contribution in [0.4, 0.5) is 17.2 Å². The van der Waals surface area contributed by atoms with Crippen LogP contribution >= 0.6 is 0 Å². The summed E-state index contributed by atoms with van der Waals surface area (Å²) in [5.41, 5.74) is 3.75. The van der Waals surface area contributed by atoms with Crippen LogP contribution in [0.15, 0.2) is 73.6 Å². The third kappa shape index (κ3) is 5.49. The highest BCUT2D eigenvalue weighted by Crippen LogP contribution is 2.33. The van der Waals surface area contributed by atoms with Crippen LogP contribution in [0.3, 0.4) is 0 Å². The molecule has 0 spiro atoms. The summed E-state index contributed by atoms with van der Waals surface area (Å²) in [6.07, 6.45) is 9.87. The Bertz CT molecular complexity index is 1810. The molecule has 4 aromatic heterocycles. The number of carbonyl (C=O) groups excluding carboxylic acids is 2. The summed E-state index contributed by atoms with van der Waals surface area (Å²) < 4.78 is 9.45. The molecule has 0 bridgehead atoms. The molecule has 42 heavy (non-hydrogen) atoms. The molecule has 1 aliphatic heterocycles. The zero-order valence-corrected chi connectivity index (χ0v) is 23.5. The van der Waals surface area contributed by atoms with Gasteiger partial charge in [-0.15, -0.1) is 0 Å². The summed E-state index contributed by atoms with van der Waals surface area (Å²) in [5, 5.41) is 11.8. The fourth-order valence-corrected chi connectivity index (χ4v) is 4.80. The van der Waals surface area contributed by atoms with Crippen LogP contribution in [-0.4, -0.2) is 91.1 Å². The zero-order chi connectivity index (χ0) is 29.2. The number of carbonyl (C=O) groups is 2. The molecule has 6 rings (SSSR count). The van der Waals surface area contributed by atoms with Gasteiger partial charge in [0.1, 0.15) is 36.2 Å². The molecule has 0 radical (unpaired) electrons. The number of fused-ring (bicyclic) bond motifs is 2. The molecule has 0 saturated carbocycles. The molecular weight excluding hydrogens is 536 g/mol. The van der Waals surface area contributed by atoms with Crippen molar-refractivity contribution in [1.82, 2.24) is 39.0 Å². The van der Waals surface area contributed by atoms with Crippen LogP contribution in [0.2, 0.25) is 0 Å². The van der Waals surface area contributed by atoms with Gasteiger partial charge in [-0.3, -0.25) is 9.59 Å². The highest BCUT2D eigenvalue weighted by molar-refractivity contribution is 6.04. The smallest absolute Gasteiger partial charge is 0.246 e. The van der Waals surface area contributed by atoms with Crippen LogP contribution in [0.5, 0.6) is 11.5 Å². The van der Waals surface area contributed by atoms with Gasteiger partial charge in [-0.1, -0.05) is 6.08 Å². The lowest BCUT2D eigenvalue weighted by Crippen LogP contribution is -2.52. The minimum Gasteiger partial charge on any atom is -0.457 e. The van der Waals surface area contributed by atoms with E-state index in [2.05, 4.69) is 25.5 Å². The quantitative estimate of drug-likeness (QED) is 0.282. The first-order chi connectivity index (χ1) is 20.4.